The summed E-state index contributed by atoms with van der Waals surface area (Å²) in [7, 11) is 0. The first-order valence-electron chi connectivity index (χ1n) is 11.7. The van der Waals surface area contributed by atoms with Crippen molar-refractivity contribution in [1.29, 1.82) is 5.26 Å². The van der Waals surface area contributed by atoms with Gasteiger partial charge in [-0.25, -0.2) is 4.99 Å². The maximum Gasteiger partial charge on any atom is 0.238 e. The summed E-state index contributed by atoms with van der Waals surface area (Å²) in [6.45, 7) is 2.51. The van der Waals surface area contributed by atoms with Gasteiger partial charge in [0.25, 0.3) is 0 Å². The number of furan rings is 3. The van der Waals surface area contributed by atoms with E-state index in [0.717, 1.165) is 5.56 Å². The topological polar surface area (TPSA) is 94.0 Å². The molecule has 0 bridgehead atoms. The molecule has 3 heterocycles. The predicted molar refractivity (Wildman–Crippen MR) is 152 cm³/mol. The van der Waals surface area contributed by atoms with E-state index in [9.17, 15) is 5.26 Å². The maximum absolute atomic E-state index is 9.97. The molecule has 0 aliphatic heterocycles. The molecule has 0 saturated carbocycles. The Morgan fingerprint density at radius 2 is 1.79 bits per heavy atom. The average molecular weight is 626 g/mol. The van der Waals surface area contributed by atoms with Crippen LogP contribution in [0.5, 0.6) is 11.5 Å². The van der Waals surface area contributed by atoms with E-state index < -0.39 is 0 Å². The molecule has 7 nitrogen and oxygen atoms in total. The molecular formula is C29H19BrCl2N2O5. The second kappa shape index (κ2) is 11.9. The smallest absolute Gasteiger partial charge is 0.238 e. The van der Waals surface area contributed by atoms with Crippen LogP contribution in [0.15, 0.2) is 89.8 Å². The Bertz CT molecular complexity index is 1670. The van der Waals surface area contributed by atoms with Crippen molar-refractivity contribution in [2.45, 2.75) is 13.5 Å². The molecule has 0 fully saturated rings. The van der Waals surface area contributed by atoms with E-state index in [1.807, 2.05) is 19.1 Å². The molecule has 196 valence electrons. The van der Waals surface area contributed by atoms with E-state index in [0.29, 0.717) is 61.0 Å². The van der Waals surface area contributed by atoms with E-state index in [-0.39, 0.29) is 18.1 Å². The third kappa shape index (κ3) is 5.76. The van der Waals surface area contributed by atoms with Crippen LogP contribution in [0.2, 0.25) is 10.0 Å². The van der Waals surface area contributed by atoms with Gasteiger partial charge >= 0.3 is 0 Å². The van der Waals surface area contributed by atoms with Crippen molar-refractivity contribution in [3.8, 4) is 40.4 Å². The van der Waals surface area contributed by atoms with Crippen LogP contribution in [-0.2, 0) is 6.61 Å². The van der Waals surface area contributed by atoms with Gasteiger partial charge in [0.05, 0.1) is 29.2 Å². The van der Waals surface area contributed by atoms with Crippen LogP contribution in [-0.4, -0.2) is 12.8 Å². The van der Waals surface area contributed by atoms with E-state index in [1.165, 1.54) is 12.5 Å². The van der Waals surface area contributed by atoms with E-state index in [4.69, 9.17) is 45.9 Å². The zero-order chi connectivity index (χ0) is 27.4. The van der Waals surface area contributed by atoms with Crippen molar-refractivity contribution in [2.75, 3.05) is 6.61 Å². The third-order valence-electron chi connectivity index (χ3n) is 5.56. The first-order valence-corrected chi connectivity index (χ1v) is 13.2. The monoisotopic (exact) mass is 624 g/mol. The van der Waals surface area contributed by atoms with Gasteiger partial charge < -0.3 is 22.7 Å². The number of rotatable bonds is 9. The minimum atomic E-state index is 0.113. The van der Waals surface area contributed by atoms with Crippen LogP contribution in [0.25, 0.3) is 22.8 Å². The SMILES string of the molecule is CCOc1cc(C=Nc2oc(-c3ccco3)c(-c3ccco3)c2C#N)cc(Br)c1OCc1ccc(Cl)cc1Cl. The molecule has 0 saturated heterocycles. The van der Waals surface area contributed by atoms with Gasteiger partial charge in [0.15, 0.2) is 23.0 Å². The van der Waals surface area contributed by atoms with Crippen LogP contribution >= 0.6 is 39.1 Å². The van der Waals surface area contributed by atoms with Crippen LogP contribution in [0, 0.1) is 11.3 Å². The van der Waals surface area contributed by atoms with Crippen molar-refractivity contribution in [3.63, 3.8) is 0 Å². The third-order valence-corrected chi connectivity index (χ3v) is 6.74. The molecule has 0 amide bonds. The summed E-state index contributed by atoms with van der Waals surface area (Å²) >= 11 is 15.9. The predicted octanol–water partition coefficient (Wildman–Crippen LogP) is 9.47. The van der Waals surface area contributed by atoms with E-state index >= 15 is 0 Å². The molecule has 0 unspecified atom stereocenters. The van der Waals surface area contributed by atoms with Gasteiger partial charge in [-0.3, -0.25) is 0 Å². The molecular weight excluding hydrogens is 607 g/mol. The fourth-order valence-electron chi connectivity index (χ4n) is 3.84. The number of aliphatic imine (C=N–C) groups is 1. The van der Waals surface area contributed by atoms with Crippen molar-refractivity contribution < 1.29 is 22.7 Å². The Morgan fingerprint density at radius 3 is 2.46 bits per heavy atom. The minimum absolute atomic E-state index is 0.113. The van der Waals surface area contributed by atoms with Crippen LogP contribution in [0.3, 0.4) is 0 Å². The fourth-order valence-corrected chi connectivity index (χ4v) is 4.88. The highest BCUT2D eigenvalue weighted by Gasteiger charge is 2.26. The summed E-state index contributed by atoms with van der Waals surface area (Å²) < 4.78 is 29.6. The highest BCUT2D eigenvalue weighted by atomic mass is 79.9. The quantitative estimate of drug-likeness (QED) is 0.151. The lowest BCUT2D eigenvalue weighted by molar-refractivity contribution is 0.267. The Labute approximate surface area is 242 Å². The van der Waals surface area contributed by atoms with Gasteiger partial charge in [-0.15, -0.1) is 0 Å². The second-order valence-corrected chi connectivity index (χ2v) is 9.80. The van der Waals surface area contributed by atoms with Crippen molar-refractivity contribution >= 4 is 51.2 Å². The summed E-state index contributed by atoms with van der Waals surface area (Å²) in [5.74, 6) is 2.39. The summed E-state index contributed by atoms with van der Waals surface area (Å²) in [4.78, 5) is 4.49. The number of nitrogens with zero attached hydrogens (tertiary/aromatic N) is 2. The van der Waals surface area contributed by atoms with Crippen LogP contribution < -0.4 is 9.47 Å². The molecule has 10 heteroatoms. The van der Waals surface area contributed by atoms with Gasteiger partial charge in [0.2, 0.25) is 5.88 Å². The number of hydrogen-bond donors (Lipinski definition) is 0. The Balaban J connectivity index is 1.48. The van der Waals surface area contributed by atoms with Crippen molar-refractivity contribution in [3.05, 3.63) is 98.3 Å². The molecule has 3 aromatic heterocycles. The molecule has 5 rings (SSSR count). The lowest BCUT2D eigenvalue weighted by atomic mass is 10.1. The van der Waals surface area contributed by atoms with Gasteiger partial charge in [-0.2, -0.15) is 5.26 Å². The Morgan fingerprint density at radius 1 is 1.03 bits per heavy atom. The lowest BCUT2D eigenvalue weighted by Crippen LogP contribution is -2.02. The van der Waals surface area contributed by atoms with Gasteiger partial charge in [-0.1, -0.05) is 29.3 Å². The number of ether oxygens (including phenoxy) is 2. The standard InChI is InChI=1S/C29H19BrCl2N2O5/c1-2-35-25-12-17(11-21(30)27(25)38-16-18-7-8-19(31)13-22(18)32)15-34-29-20(14-33)26(23-5-3-9-36-23)28(39-29)24-6-4-10-37-24/h3-13,15H,2,16H2,1H3. The minimum Gasteiger partial charge on any atom is -0.490 e. The average Bonchev–Trinajstić information content (AvgIpc) is 3.69. The molecule has 0 spiro atoms. The number of nitriles is 1. The highest BCUT2D eigenvalue weighted by Crippen LogP contribution is 2.43. The summed E-state index contributed by atoms with van der Waals surface area (Å²) in [5.41, 5.74) is 2.14. The van der Waals surface area contributed by atoms with Crippen LogP contribution in [0.4, 0.5) is 5.88 Å². The Hall–Kier alpha value is -3.90. The zero-order valence-electron chi connectivity index (χ0n) is 20.4. The second-order valence-electron chi connectivity index (χ2n) is 8.10. The summed E-state index contributed by atoms with van der Waals surface area (Å²) in [6, 6.07) is 18.0. The van der Waals surface area contributed by atoms with E-state index in [2.05, 4.69) is 27.0 Å². The van der Waals surface area contributed by atoms with Crippen LogP contribution in [0.1, 0.15) is 23.6 Å². The molecule has 39 heavy (non-hydrogen) atoms. The number of halogens is 3. The molecule has 2 aromatic carbocycles. The van der Waals surface area contributed by atoms with Crippen molar-refractivity contribution in [2.24, 2.45) is 4.99 Å². The molecule has 0 radical (unpaired) electrons. The maximum atomic E-state index is 9.97. The van der Waals surface area contributed by atoms with E-state index in [1.54, 1.807) is 48.7 Å². The lowest BCUT2D eigenvalue weighted by Gasteiger charge is -2.15. The molecule has 0 N–H and O–H groups in total. The van der Waals surface area contributed by atoms with Gasteiger partial charge in [-0.05, 0) is 76.9 Å². The largest absolute Gasteiger partial charge is 0.490 e. The normalized spacial score (nSPS) is 11.2. The zero-order valence-corrected chi connectivity index (χ0v) is 23.5. The molecule has 0 aliphatic rings. The van der Waals surface area contributed by atoms with Crippen molar-refractivity contribution in [1.82, 2.24) is 0 Å². The first kappa shape index (κ1) is 26.7. The summed E-state index contributed by atoms with van der Waals surface area (Å²) in [5, 5.41) is 11.0. The number of benzene rings is 2. The molecule has 5 aromatic rings. The van der Waals surface area contributed by atoms with Gasteiger partial charge in [0.1, 0.15) is 24.0 Å². The van der Waals surface area contributed by atoms with Gasteiger partial charge in [0, 0.05) is 21.8 Å². The fraction of sp³-hybridized carbons (Fsp3) is 0.103. The molecule has 0 atom stereocenters. The highest BCUT2D eigenvalue weighted by molar-refractivity contribution is 9.10. The Kier molecular flexibility index (Phi) is 8.13. The number of hydrogen-bond acceptors (Lipinski definition) is 7. The molecule has 0 aliphatic carbocycles. The first-order chi connectivity index (χ1) is 19.0. The summed E-state index contributed by atoms with van der Waals surface area (Å²) in [6.07, 6.45) is 4.62.